The Labute approximate surface area is 171 Å². The van der Waals surface area contributed by atoms with E-state index in [9.17, 15) is 29.5 Å². The van der Waals surface area contributed by atoms with Crippen LogP contribution in [0.1, 0.15) is 22.5 Å². The van der Waals surface area contributed by atoms with E-state index in [-0.39, 0.29) is 17.6 Å². The van der Waals surface area contributed by atoms with Gasteiger partial charge in [-0.25, -0.2) is 0 Å². The van der Waals surface area contributed by atoms with Crippen molar-refractivity contribution in [1.82, 2.24) is 9.88 Å². The van der Waals surface area contributed by atoms with Crippen molar-refractivity contribution in [2.24, 2.45) is 22.7 Å². The third-order valence-corrected chi connectivity index (χ3v) is 6.30. The molecule has 0 fully saturated rings. The molecule has 156 valence electrons. The van der Waals surface area contributed by atoms with Gasteiger partial charge in [0.15, 0.2) is 11.4 Å². The maximum absolute atomic E-state index is 13.2. The van der Waals surface area contributed by atoms with Gasteiger partial charge >= 0.3 is 0 Å². The summed E-state index contributed by atoms with van der Waals surface area (Å²) in [6.45, 7) is 0. The second kappa shape index (κ2) is 6.64. The zero-order chi connectivity index (χ0) is 22.0. The van der Waals surface area contributed by atoms with Crippen molar-refractivity contribution in [3.8, 4) is 0 Å². The predicted octanol–water partition coefficient (Wildman–Crippen LogP) is 0.0184. The number of nitrogens with zero attached hydrogens (tertiary/aromatic N) is 3. The molecule has 0 spiro atoms. The van der Waals surface area contributed by atoms with Gasteiger partial charge < -0.3 is 15.9 Å². The number of aliphatic hydroxyl groups excluding tert-OH is 1. The number of Topliss-reactive ketones (excluding diaryl/α,β-unsaturated/α-hetero) is 2. The number of hydrogen-bond donors (Lipinski definition) is 3. The van der Waals surface area contributed by atoms with Gasteiger partial charge in [-0.15, -0.1) is 4.91 Å². The molecular formula is C20H20N4O6. The van der Waals surface area contributed by atoms with Crippen molar-refractivity contribution >= 4 is 17.5 Å². The summed E-state index contributed by atoms with van der Waals surface area (Å²) < 4.78 is 0. The van der Waals surface area contributed by atoms with E-state index in [1.807, 2.05) is 0 Å². The minimum atomic E-state index is -2.56. The second-order valence-electron chi connectivity index (χ2n) is 8.05. The van der Waals surface area contributed by atoms with Crippen LogP contribution in [0.25, 0.3) is 0 Å². The number of fused-ring (bicyclic) bond motifs is 3. The number of carbonyl (C=O) groups excluding carboxylic acids is 3. The summed E-state index contributed by atoms with van der Waals surface area (Å²) in [6.07, 6.45) is 1.96. The number of carbonyl (C=O) groups is 3. The van der Waals surface area contributed by atoms with Crippen molar-refractivity contribution in [2.45, 2.75) is 24.5 Å². The number of hydrogen-bond acceptors (Lipinski definition) is 9. The van der Waals surface area contributed by atoms with Crippen molar-refractivity contribution in [3.05, 3.63) is 57.1 Å². The quantitative estimate of drug-likeness (QED) is 0.462. The molecule has 4 atom stereocenters. The lowest BCUT2D eigenvalue weighted by Crippen LogP contribution is -2.63. The molecular weight excluding hydrogens is 392 g/mol. The average Bonchev–Trinajstić information content (AvgIpc) is 2.68. The smallest absolute Gasteiger partial charge is 0.255 e. The number of amides is 1. The van der Waals surface area contributed by atoms with Gasteiger partial charge in [0.1, 0.15) is 17.0 Å². The lowest BCUT2D eigenvalue weighted by Gasteiger charge is -2.49. The van der Waals surface area contributed by atoms with E-state index >= 15 is 0 Å². The SMILES string of the molecule is CN(C)[C@@H]1C(O)=C(C(N)=O)C(=O)[C@@]2(O)C(N=O)=C3C(=O)c4cccnc4CC3C[C@@H]12. The molecule has 0 aliphatic heterocycles. The van der Waals surface area contributed by atoms with Crippen LogP contribution >= 0.6 is 0 Å². The minimum Gasteiger partial charge on any atom is -0.510 e. The summed E-state index contributed by atoms with van der Waals surface area (Å²) in [4.78, 5) is 55.9. The first-order chi connectivity index (χ1) is 14.1. The Morgan fingerprint density at radius 1 is 1.37 bits per heavy atom. The summed E-state index contributed by atoms with van der Waals surface area (Å²) in [7, 11) is 3.18. The number of nitrogens with two attached hydrogens (primary N) is 1. The van der Waals surface area contributed by atoms with Gasteiger partial charge in [0, 0.05) is 23.3 Å². The number of ketones is 2. The number of allylic oxidation sites excluding steroid dienone is 1. The van der Waals surface area contributed by atoms with Crippen LogP contribution in [0.4, 0.5) is 0 Å². The largest absolute Gasteiger partial charge is 0.510 e. The normalized spacial score (nSPS) is 30.7. The molecule has 1 amide bonds. The number of aliphatic hydroxyl groups is 2. The van der Waals surface area contributed by atoms with Crippen molar-refractivity contribution in [1.29, 1.82) is 0 Å². The fourth-order valence-corrected chi connectivity index (χ4v) is 5.07. The third kappa shape index (κ3) is 2.44. The zero-order valence-electron chi connectivity index (χ0n) is 16.3. The molecule has 1 aromatic rings. The summed E-state index contributed by atoms with van der Waals surface area (Å²) in [5.41, 5.74) is 2.08. The molecule has 3 aliphatic rings. The molecule has 0 saturated heterocycles. The van der Waals surface area contributed by atoms with Crippen LogP contribution < -0.4 is 5.73 Å². The average molecular weight is 412 g/mol. The standard InChI is InChI=1S/C20H20N4O6/c1-24(2)14-10-6-8-7-11-9(4-3-5-22-11)15(25)12(8)17(23-30)20(10,29)18(27)13(16(14)26)19(21)28/h3-5,8,10,14,26,29H,6-7H2,1-2H3,(H2,21,28)/t8?,10-,14-,20-/m0/s1. The van der Waals surface area contributed by atoms with E-state index in [4.69, 9.17) is 5.73 Å². The highest BCUT2D eigenvalue weighted by Crippen LogP contribution is 2.52. The Morgan fingerprint density at radius 3 is 2.67 bits per heavy atom. The Bertz CT molecular complexity index is 1070. The van der Waals surface area contributed by atoms with Crippen LogP contribution in [0.2, 0.25) is 0 Å². The summed E-state index contributed by atoms with van der Waals surface area (Å²) in [5, 5.41) is 25.1. The van der Waals surface area contributed by atoms with Crippen LogP contribution in [0.15, 0.2) is 46.1 Å². The van der Waals surface area contributed by atoms with Crippen LogP contribution in [0.5, 0.6) is 0 Å². The van der Waals surface area contributed by atoms with Crippen molar-refractivity contribution < 1.29 is 24.6 Å². The molecule has 1 unspecified atom stereocenters. The van der Waals surface area contributed by atoms with Gasteiger partial charge in [-0.3, -0.25) is 24.3 Å². The van der Waals surface area contributed by atoms with Gasteiger partial charge in [-0.1, -0.05) is 0 Å². The van der Waals surface area contributed by atoms with Gasteiger partial charge in [-0.05, 0) is 50.2 Å². The molecule has 10 heteroatoms. The number of likely N-dealkylation sites (N-methyl/N-ethyl adjacent to an activating group) is 1. The van der Waals surface area contributed by atoms with Crippen LogP contribution in [-0.2, 0) is 16.0 Å². The molecule has 3 aliphatic carbocycles. The van der Waals surface area contributed by atoms with Crippen molar-refractivity contribution in [3.63, 3.8) is 0 Å². The lowest BCUT2D eigenvalue weighted by atomic mass is 9.58. The summed E-state index contributed by atoms with van der Waals surface area (Å²) >= 11 is 0. The number of pyridine rings is 1. The molecule has 1 aromatic heterocycles. The summed E-state index contributed by atoms with van der Waals surface area (Å²) in [6, 6.07) is 2.14. The fraction of sp³-hybridized carbons (Fsp3) is 0.400. The highest BCUT2D eigenvalue weighted by molar-refractivity contribution is 6.24. The molecule has 1 heterocycles. The minimum absolute atomic E-state index is 0.0553. The first-order valence-electron chi connectivity index (χ1n) is 9.37. The second-order valence-corrected chi connectivity index (χ2v) is 8.05. The zero-order valence-corrected chi connectivity index (χ0v) is 16.3. The Morgan fingerprint density at radius 2 is 2.07 bits per heavy atom. The monoisotopic (exact) mass is 412 g/mol. The molecule has 4 N–H and O–H groups in total. The van der Waals surface area contributed by atoms with Crippen LogP contribution in [-0.4, -0.2) is 63.3 Å². The first kappa shape index (κ1) is 20.0. The number of aromatic nitrogens is 1. The molecule has 4 rings (SSSR count). The molecule has 0 radical (unpaired) electrons. The molecule has 30 heavy (non-hydrogen) atoms. The van der Waals surface area contributed by atoms with Gasteiger partial charge in [-0.2, -0.15) is 0 Å². The highest BCUT2D eigenvalue weighted by atomic mass is 16.3. The van der Waals surface area contributed by atoms with E-state index in [0.717, 1.165) is 0 Å². The maximum atomic E-state index is 13.2. The lowest BCUT2D eigenvalue weighted by molar-refractivity contribution is -0.144. The Kier molecular flexibility index (Phi) is 4.44. The van der Waals surface area contributed by atoms with Crippen molar-refractivity contribution in [2.75, 3.05) is 14.1 Å². The topological polar surface area (TPSA) is 163 Å². The molecule has 10 nitrogen and oxygen atoms in total. The van der Waals surface area contributed by atoms with Gasteiger partial charge in [0.05, 0.1) is 11.7 Å². The molecule has 0 bridgehead atoms. The Hall–Kier alpha value is -3.24. The van der Waals surface area contributed by atoms with E-state index in [1.165, 1.54) is 4.90 Å². The maximum Gasteiger partial charge on any atom is 0.255 e. The fourth-order valence-electron chi connectivity index (χ4n) is 5.07. The van der Waals surface area contributed by atoms with E-state index in [1.54, 1.807) is 32.4 Å². The number of rotatable bonds is 3. The highest BCUT2D eigenvalue weighted by Gasteiger charge is 2.63. The third-order valence-electron chi connectivity index (χ3n) is 6.30. The number of primary amides is 1. The first-order valence-corrected chi connectivity index (χ1v) is 9.37. The Balaban J connectivity index is 2.00. The number of nitroso groups, excluding NO2 is 1. The molecule has 0 aromatic carbocycles. The predicted molar refractivity (Wildman–Crippen MR) is 103 cm³/mol. The van der Waals surface area contributed by atoms with Gasteiger partial charge in [0.2, 0.25) is 5.78 Å². The van der Waals surface area contributed by atoms with Crippen LogP contribution in [0.3, 0.4) is 0 Å². The molecule has 0 saturated carbocycles. The van der Waals surface area contributed by atoms with Gasteiger partial charge in [0.25, 0.3) is 5.91 Å². The summed E-state index contributed by atoms with van der Waals surface area (Å²) in [5.74, 6) is -5.12. The van der Waals surface area contributed by atoms with E-state index in [2.05, 4.69) is 10.2 Å². The van der Waals surface area contributed by atoms with E-state index < -0.39 is 58.0 Å². The van der Waals surface area contributed by atoms with Crippen LogP contribution in [0, 0.1) is 16.7 Å². The van der Waals surface area contributed by atoms with E-state index in [0.29, 0.717) is 12.1 Å².